The van der Waals surface area contributed by atoms with Crippen molar-refractivity contribution < 1.29 is 14.6 Å². The van der Waals surface area contributed by atoms with Gasteiger partial charge in [-0.2, -0.15) is 5.26 Å². The van der Waals surface area contributed by atoms with Crippen molar-refractivity contribution in [1.82, 2.24) is 9.71 Å². The molecule has 1 unspecified atom stereocenters. The van der Waals surface area contributed by atoms with Gasteiger partial charge in [0, 0.05) is 11.6 Å². The lowest BCUT2D eigenvalue weighted by atomic mass is 10.0. The smallest absolute Gasteiger partial charge is 0.361 e. The Morgan fingerprint density at radius 2 is 1.84 bits per heavy atom. The maximum atomic E-state index is 12.2. The van der Waals surface area contributed by atoms with Crippen molar-refractivity contribution in [3.63, 3.8) is 0 Å². The Bertz CT molecular complexity index is 1110. The molecule has 2 aliphatic rings. The van der Waals surface area contributed by atoms with Gasteiger partial charge in [0.1, 0.15) is 11.8 Å². The van der Waals surface area contributed by atoms with Gasteiger partial charge in [-0.15, -0.1) is 5.01 Å². The van der Waals surface area contributed by atoms with Crippen LogP contribution in [0.25, 0.3) is 5.70 Å². The van der Waals surface area contributed by atoms with Crippen LogP contribution >= 0.6 is 22.6 Å². The molecule has 158 valence electrons. The molecule has 1 atom stereocenters. The summed E-state index contributed by atoms with van der Waals surface area (Å²) < 4.78 is 6.10. The van der Waals surface area contributed by atoms with E-state index in [0.29, 0.717) is 11.4 Å². The van der Waals surface area contributed by atoms with Crippen LogP contribution < -0.4 is 9.44 Å². The Balaban J connectivity index is 2.06. The van der Waals surface area contributed by atoms with Crippen LogP contribution in [-0.2, 0) is 4.79 Å². The number of benzene rings is 2. The standard InChI is InChI=1S/C23H21IN4O3/c1-31-17-11-9-16(10-12-17)22-18(15-25)21(23(29)30)26-28(22,27-13-5-2-6-14-27)20-8-4-3-7-19(20)24/h3-4,7-12H,2,5-6,13-14H2,1H3/p+1. The minimum atomic E-state index is -1.20. The fourth-order valence-electron chi connectivity index (χ4n) is 4.24. The van der Waals surface area contributed by atoms with Crippen LogP contribution in [0.1, 0.15) is 24.8 Å². The number of quaternary nitrogens is 1. The van der Waals surface area contributed by atoms with E-state index in [4.69, 9.17) is 9.84 Å². The predicted octanol–water partition coefficient (Wildman–Crippen LogP) is 4.40. The van der Waals surface area contributed by atoms with E-state index in [1.54, 1.807) is 7.11 Å². The Morgan fingerprint density at radius 3 is 2.42 bits per heavy atom. The van der Waals surface area contributed by atoms with Crippen molar-refractivity contribution in [2.45, 2.75) is 19.3 Å². The molecular weight excluding hydrogens is 507 g/mol. The molecule has 2 heterocycles. The molecule has 0 saturated carbocycles. The second-order valence-electron chi connectivity index (χ2n) is 7.38. The van der Waals surface area contributed by atoms with Crippen molar-refractivity contribution in [2.24, 2.45) is 5.10 Å². The van der Waals surface area contributed by atoms with Crippen molar-refractivity contribution in [2.75, 3.05) is 20.2 Å². The van der Waals surface area contributed by atoms with Crippen LogP contribution in [-0.4, -0.2) is 42.0 Å². The second kappa shape index (κ2) is 8.78. The van der Waals surface area contributed by atoms with Gasteiger partial charge in [-0.05, 0) is 70.9 Å². The van der Waals surface area contributed by atoms with Crippen LogP contribution in [0.2, 0.25) is 0 Å². The monoisotopic (exact) mass is 529 g/mol. The molecule has 0 radical (unpaired) electrons. The summed E-state index contributed by atoms with van der Waals surface area (Å²) in [5, 5.41) is 26.9. The Hall–Kier alpha value is -2.74. The summed E-state index contributed by atoms with van der Waals surface area (Å²) in [7, 11) is 1.59. The zero-order valence-corrected chi connectivity index (χ0v) is 19.2. The number of hydrogen-bond acceptors (Lipinski definition) is 5. The van der Waals surface area contributed by atoms with E-state index in [1.807, 2.05) is 48.5 Å². The molecule has 0 aromatic heterocycles. The van der Waals surface area contributed by atoms with E-state index in [1.165, 1.54) is 0 Å². The van der Waals surface area contributed by atoms with Crippen LogP contribution in [0.3, 0.4) is 0 Å². The molecule has 0 bridgehead atoms. The predicted molar refractivity (Wildman–Crippen MR) is 127 cm³/mol. The first-order valence-corrected chi connectivity index (χ1v) is 11.1. The van der Waals surface area contributed by atoms with Gasteiger partial charge in [-0.25, -0.2) is 4.79 Å². The van der Waals surface area contributed by atoms with Crippen LogP contribution in [0.4, 0.5) is 5.69 Å². The molecule has 1 saturated heterocycles. The summed E-state index contributed by atoms with van der Waals surface area (Å²) in [5.41, 5.74) is 2.01. The van der Waals surface area contributed by atoms with Crippen molar-refractivity contribution in [3.8, 4) is 11.8 Å². The van der Waals surface area contributed by atoms with E-state index in [9.17, 15) is 15.2 Å². The van der Waals surface area contributed by atoms with Gasteiger partial charge in [-0.1, -0.05) is 23.3 Å². The fraction of sp³-hybridized carbons (Fsp3) is 0.261. The first-order chi connectivity index (χ1) is 15.0. The molecule has 8 heteroatoms. The molecule has 2 aliphatic heterocycles. The minimum absolute atomic E-state index is 0.0860. The maximum Gasteiger partial charge on any atom is 0.361 e. The van der Waals surface area contributed by atoms with E-state index >= 15 is 0 Å². The SMILES string of the molecule is COc1ccc(C2=C(C#N)C(C(=O)O)=N[N+]2(c2ccccc2I)N2CCCCC2)cc1. The van der Waals surface area contributed by atoms with Gasteiger partial charge >= 0.3 is 5.97 Å². The van der Waals surface area contributed by atoms with Gasteiger partial charge in [0.05, 0.1) is 23.8 Å². The second-order valence-corrected chi connectivity index (χ2v) is 8.55. The van der Waals surface area contributed by atoms with Crippen LogP contribution in [0, 0.1) is 14.9 Å². The van der Waals surface area contributed by atoms with Crippen molar-refractivity contribution in [3.05, 3.63) is 63.2 Å². The summed E-state index contributed by atoms with van der Waals surface area (Å²) in [6.45, 7) is 1.50. The van der Waals surface area contributed by atoms with Crippen LogP contribution in [0.15, 0.2) is 59.2 Å². The lowest BCUT2D eigenvalue weighted by molar-refractivity contribution is -0.129. The molecule has 31 heavy (non-hydrogen) atoms. The number of methoxy groups -OCH3 is 1. The Morgan fingerprint density at radius 1 is 1.16 bits per heavy atom. The van der Waals surface area contributed by atoms with Crippen molar-refractivity contribution >= 4 is 45.7 Å². The molecule has 1 fully saturated rings. The minimum Gasteiger partial charge on any atom is -0.497 e. The Labute approximate surface area is 194 Å². The summed E-state index contributed by atoms with van der Waals surface area (Å²) in [4.78, 5) is 12.2. The number of aliphatic carboxylic acids is 1. The fourth-order valence-corrected chi connectivity index (χ4v) is 4.97. The van der Waals surface area contributed by atoms with E-state index in [-0.39, 0.29) is 16.0 Å². The average molecular weight is 529 g/mol. The number of carboxylic acids is 1. The summed E-state index contributed by atoms with van der Waals surface area (Å²) in [6.07, 6.45) is 3.09. The number of carbonyl (C=O) groups is 1. The van der Waals surface area contributed by atoms with Crippen molar-refractivity contribution in [1.29, 1.82) is 5.26 Å². The summed E-state index contributed by atoms with van der Waals surface area (Å²) in [6, 6.07) is 17.3. The van der Waals surface area contributed by atoms with E-state index < -0.39 is 5.97 Å². The molecule has 0 aliphatic carbocycles. The Kier molecular flexibility index (Phi) is 6.09. The lowest BCUT2D eigenvalue weighted by Crippen LogP contribution is -2.57. The number of para-hydroxylation sites is 1. The largest absolute Gasteiger partial charge is 0.497 e. The lowest BCUT2D eigenvalue weighted by Gasteiger charge is -2.41. The molecule has 2 aromatic rings. The number of halogens is 1. The number of ether oxygens (including phenoxy) is 1. The third-order valence-electron chi connectivity index (χ3n) is 5.64. The number of nitriles is 1. The number of hydrogen-bond donors (Lipinski definition) is 1. The molecule has 2 aromatic carbocycles. The van der Waals surface area contributed by atoms with Gasteiger partial charge in [0.25, 0.3) is 0 Å². The molecule has 1 N–H and O–H groups in total. The zero-order chi connectivity index (χ0) is 22.0. The quantitative estimate of drug-likeness (QED) is 0.459. The van der Waals surface area contributed by atoms with Gasteiger partial charge in [0.2, 0.25) is 11.4 Å². The molecule has 4 rings (SSSR count). The normalized spacial score (nSPS) is 21.5. The number of nitrogens with zero attached hydrogens (tertiary/aromatic N) is 4. The third kappa shape index (κ3) is 3.63. The number of piperidine rings is 1. The van der Waals surface area contributed by atoms with E-state index in [0.717, 1.165) is 47.2 Å². The number of carboxylic acid groups (broad SMARTS) is 1. The topological polar surface area (TPSA) is 85.9 Å². The van der Waals surface area contributed by atoms with Gasteiger partial charge < -0.3 is 9.84 Å². The highest BCUT2D eigenvalue weighted by Crippen LogP contribution is 2.46. The first-order valence-electron chi connectivity index (χ1n) is 10.1. The maximum absolute atomic E-state index is 12.2. The highest BCUT2D eigenvalue weighted by Gasteiger charge is 2.54. The molecule has 7 nitrogen and oxygen atoms in total. The highest BCUT2D eigenvalue weighted by molar-refractivity contribution is 14.1. The molecule has 0 amide bonds. The summed E-state index contributed by atoms with van der Waals surface area (Å²) >= 11 is 2.26. The molecular formula is C23H22IN4O3+. The van der Waals surface area contributed by atoms with Gasteiger partial charge in [0.15, 0.2) is 11.3 Å². The van der Waals surface area contributed by atoms with E-state index in [2.05, 4.69) is 33.7 Å². The zero-order valence-electron chi connectivity index (χ0n) is 17.1. The van der Waals surface area contributed by atoms with Gasteiger partial charge in [-0.3, -0.25) is 0 Å². The first kappa shape index (κ1) is 21.5. The van der Waals surface area contributed by atoms with Crippen LogP contribution in [0.5, 0.6) is 5.75 Å². The average Bonchev–Trinajstić information content (AvgIpc) is 3.16. The number of rotatable bonds is 5. The highest BCUT2D eigenvalue weighted by atomic mass is 127. The molecule has 0 spiro atoms. The summed E-state index contributed by atoms with van der Waals surface area (Å²) in [5.74, 6) is -0.517. The third-order valence-corrected chi connectivity index (χ3v) is 6.55.